The number of hydrogen-bond donors (Lipinski definition) is 1. The van der Waals surface area contributed by atoms with E-state index in [-0.39, 0.29) is 10.7 Å². The van der Waals surface area contributed by atoms with Crippen LogP contribution < -0.4 is 5.32 Å². The van der Waals surface area contributed by atoms with Crippen molar-refractivity contribution in [2.24, 2.45) is 0 Å². The topological polar surface area (TPSA) is 29.9 Å². The van der Waals surface area contributed by atoms with Gasteiger partial charge in [0.25, 0.3) is 0 Å². The molecule has 0 spiro atoms. The molecule has 0 saturated carbocycles. The van der Waals surface area contributed by atoms with Crippen molar-refractivity contribution in [3.05, 3.63) is 40.7 Å². The molecule has 0 saturated heterocycles. The van der Waals surface area contributed by atoms with E-state index in [1.807, 2.05) is 6.92 Å². The predicted octanol–water partition coefficient (Wildman–Crippen LogP) is 4.67. The Morgan fingerprint density at radius 1 is 1.33 bits per heavy atom. The second kappa shape index (κ2) is 5.97. The Labute approximate surface area is 125 Å². The van der Waals surface area contributed by atoms with Gasteiger partial charge in [-0.15, -0.1) is 0 Å². The van der Waals surface area contributed by atoms with Gasteiger partial charge in [-0.2, -0.15) is 13.2 Å². The lowest BCUT2D eigenvalue weighted by Crippen LogP contribution is -2.09. The Hall–Kier alpha value is -1.69. The summed E-state index contributed by atoms with van der Waals surface area (Å²) < 4.78 is 40.1. The Kier molecular flexibility index (Phi) is 4.46. The molecule has 1 aromatic heterocycles. The Morgan fingerprint density at radius 2 is 2.05 bits per heavy atom. The van der Waals surface area contributed by atoms with Crippen molar-refractivity contribution < 1.29 is 13.2 Å². The molecule has 3 nitrogen and oxygen atoms in total. The van der Waals surface area contributed by atoms with Gasteiger partial charge in [-0.25, -0.2) is 4.98 Å². The van der Waals surface area contributed by atoms with E-state index in [1.54, 1.807) is 17.7 Å². The van der Waals surface area contributed by atoms with Crippen molar-refractivity contribution in [3.63, 3.8) is 0 Å². The fourth-order valence-electron chi connectivity index (χ4n) is 1.92. The summed E-state index contributed by atoms with van der Waals surface area (Å²) in [6.07, 6.45) is -1.88. The number of nitrogens with zero attached hydrogens (tertiary/aromatic N) is 2. The number of nitrogens with one attached hydrogen (secondary N) is 1. The highest BCUT2D eigenvalue weighted by Gasteiger charge is 2.31. The average molecular weight is 318 g/mol. The predicted molar refractivity (Wildman–Crippen MR) is 77.1 cm³/mol. The molecule has 2 aromatic rings. The molecule has 1 heterocycles. The Morgan fingerprint density at radius 3 is 2.67 bits per heavy atom. The number of halogens is 4. The minimum absolute atomic E-state index is 0.236. The zero-order chi connectivity index (χ0) is 15.6. The maximum atomic E-state index is 12.8. The van der Waals surface area contributed by atoms with Crippen molar-refractivity contribution in [3.8, 4) is 5.69 Å². The van der Waals surface area contributed by atoms with Crippen LogP contribution in [0.3, 0.4) is 0 Å². The number of imidazole rings is 1. The maximum Gasteiger partial charge on any atom is 0.416 e. The highest BCUT2D eigenvalue weighted by atomic mass is 35.5. The standard InChI is InChI=1S/C14H15ClF3N3/c1-3-6-19-13-20-9(2)8-21(13)12-7-10(14(16,17)18)4-5-11(12)15/h4-5,7-8H,3,6H2,1-2H3,(H,19,20). The molecule has 21 heavy (non-hydrogen) atoms. The SMILES string of the molecule is CCCNc1nc(C)cn1-c1cc(C(F)(F)F)ccc1Cl. The average Bonchev–Trinajstić information content (AvgIpc) is 2.76. The van der Waals surface area contributed by atoms with Gasteiger partial charge in [0.15, 0.2) is 0 Å². The van der Waals surface area contributed by atoms with Crippen molar-refractivity contribution in [2.75, 3.05) is 11.9 Å². The number of benzene rings is 1. The summed E-state index contributed by atoms with van der Waals surface area (Å²) in [6, 6.07) is 3.24. The Balaban J connectivity index is 2.50. The van der Waals surface area contributed by atoms with Gasteiger partial charge >= 0.3 is 6.18 Å². The van der Waals surface area contributed by atoms with Crippen molar-refractivity contribution in [1.82, 2.24) is 9.55 Å². The van der Waals surface area contributed by atoms with Crippen LogP contribution in [0.25, 0.3) is 5.69 Å². The molecule has 2 rings (SSSR count). The van der Waals surface area contributed by atoms with E-state index in [4.69, 9.17) is 11.6 Å². The third-order valence-corrected chi connectivity index (χ3v) is 3.21. The van der Waals surface area contributed by atoms with Crippen LogP contribution >= 0.6 is 11.6 Å². The van der Waals surface area contributed by atoms with Gasteiger partial charge in [0.2, 0.25) is 5.95 Å². The Bertz CT molecular complexity index is 635. The lowest BCUT2D eigenvalue weighted by Gasteiger charge is -2.13. The molecule has 0 amide bonds. The lowest BCUT2D eigenvalue weighted by molar-refractivity contribution is -0.137. The van der Waals surface area contributed by atoms with Gasteiger partial charge in [-0.3, -0.25) is 4.57 Å². The molecular weight excluding hydrogens is 303 g/mol. The zero-order valence-corrected chi connectivity index (χ0v) is 12.4. The normalized spacial score (nSPS) is 11.7. The quantitative estimate of drug-likeness (QED) is 0.887. The monoisotopic (exact) mass is 317 g/mol. The molecule has 0 aliphatic heterocycles. The second-order valence-electron chi connectivity index (χ2n) is 4.67. The molecule has 7 heteroatoms. The minimum atomic E-state index is -4.41. The van der Waals surface area contributed by atoms with Gasteiger partial charge in [0.05, 0.1) is 22.0 Å². The highest BCUT2D eigenvalue weighted by molar-refractivity contribution is 6.32. The summed E-state index contributed by atoms with van der Waals surface area (Å²) in [4.78, 5) is 4.27. The number of aromatic nitrogens is 2. The summed E-state index contributed by atoms with van der Waals surface area (Å²) in [5.74, 6) is 0.482. The summed E-state index contributed by atoms with van der Waals surface area (Å²) in [5.41, 5.74) is 0.211. The van der Waals surface area contributed by atoms with Gasteiger partial charge < -0.3 is 5.32 Å². The second-order valence-corrected chi connectivity index (χ2v) is 5.07. The molecule has 0 radical (unpaired) electrons. The van der Waals surface area contributed by atoms with Crippen molar-refractivity contribution >= 4 is 17.5 Å². The third kappa shape index (κ3) is 3.50. The molecular formula is C14H15ClF3N3. The molecule has 0 unspecified atom stereocenters. The summed E-state index contributed by atoms with van der Waals surface area (Å²) in [6.45, 7) is 4.44. The summed E-state index contributed by atoms with van der Waals surface area (Å²) in [7, 11) is 0. The molecule has 0 fully saturated rings. The number of rotatable bonds is 4. The van der Waals surface area contributed by atoms with E-state index in [0.29, 0.717) is 18.2 Å². The van der Waals surface area contributed by atoms with Crippen LogP contribution in [0.1, 0.15) is 24.6 Å². The fourth-order valence-corrected chi connectivity index (χ4v) is 2.13. The van der Waals surface area contributed by atoms with Crippen LogP contribution in [0.15, 0.2) is 24.4 Å². The first-order valence-electron chi connectivity index (χ1n) is 6.50. The van der Waals surface area contributed by atoms with E-state index < -0.39 is 11.7 Å². The molecule has 0 atom stereocenters. The minimum Gasteiger partial charge on any atom is -0.355 e. The number of aryl methyl sites for hydroxylation is 1. The highest BCUT2D eigenvalue weighted by Crippen LogP contribution is 2.34. The van der Waals surface area contributed by atoms with Gasteiger partial charge in [0, 0.05) is 12.7 Å². The van der Waals surface area contributed by atoms with E-state index in [2.05, 4.69) is 10.3 Å². The molecule has 0 aliphatic rings. The third-order valence-electron chi connectivity index (χ3n) is 2.89. The van der Waals surface area contributed by atoms with Crippen LogP contribution in [-0.2, 0) is 6.18 Å². The van der Waals surface area contributed by atoms with Gasteiger partial charge in [0.1, 0.15) is 0 Å². The summed E-state index contributed by atoms with van der Waals surface area (Å²) in [5, 5.41) is 3.32. The van der Waals surface area contributed by atoms with Gasteiger partial charge in [-0.1, -0.05) is 18.5 Å². The molecule has 0 bridgehead atoms. The van der Waals surface area contributed by atoms with E-state index in [9.17, 15) is 13.2 Å². The zero-order valence-electron chi connectivity index (χ0n) is 11.6. The lowest BCUT2D eigenvalue weighted by atomic mass is 10.2. The molecule has 114 valence electrons. The van der Waals surface area contributed by atoms with Crippen LogP contribution in [0.2, 0.25) is 5.02 Å². The number of anilines is 1. The van der Waals surface area contributed by atoms with Crippen molar-refractivity contribution in [1.29, 1.82) is 0 Å². The molecule has 1 aromatic carbocycles. The largest absolute Gasteiger partial charge is 0.416 e. The van der Waals surface area contributed by atoms with Crippen LogP contribution in [0, 0.1) is 6.92 Å². The fraction of sp³-hybridized carbons (Fsp3) is 0.357. The summed E-state index contributed by atoms with van der Waals surface area (Å²) >= 11 is 6.05. The molecule has 0 aliphatic carbocycles. The molecule has 1 N–H and O–H groups in total. The number of alkyl halides is 3. The van der Waals surface area contributed by atoms with Crippen LogP contribution in [0.4, 0.5) is 19.1 Å². The maximum absolute atomic E-state index is 12.8. The first-order chi connectivity index (χ1) is 9.82. The first kappa shape index (κ1) is 15.7. The first-order valence-corrected chi connectivity index (χ1v) is 6.87. The smallest absolute Gasteiger partial charge is 0.355 e. The van der Waals surface area contributed by atoms with Crippen LogP contribution in [0.5, 0.6) is 0 Å². The van der Waals surface area contributed by atoms with E-state index >= 15 is 0 Å². The number of hydrogen-bond acceptors (Lipinski definition) is 2. The van der Waals surface area contributed by atoms with E-state index in [0.717, 1.165) is 18.6 Å². The van der Waals surface area contributed by atoms with Gasteiger partial charge in [-0.05, 0) is 31.5 Å². The van der Waals surface area contributed by atoms with E-state index in [1.165, 1.54) is 6.07 Å². The van der Waals surface area contributed by atoms with Crippen molar-refractivity contribution in [2.45, 2.75) is 26.4 Å². The van der Waals surface area contributed by atoms with Crippen LogP contribution in [-0.4, -0.2) is 16.1 Å².